The molecule has 21 heavy (non-hydrogen) atoms. The van der Waals surface area contributed by atoms with Crippen LogP contribution in [0.2, 0.25) is 0 Å². The Bertz CT molecular complexity index is 698. The molecule has 2 bridgehead atoms. The van der Waals surface area contributed by atoms with Crippen molar-refractivity contribution in [2.75, 3.05) is 0 Å². The highest BCUT2D eigenvalue weighted by molar-refractivity contribution is 8.06. The summed E-state index contributed by atoms with van der Waals surface area (Å²) >= 11 is 0. The quantitative estimate of drug-likeness (QED) is 0.745. The van der Waals surface area contributed by atoms with E-state index in [-0.39, 0.29) is 26.9 Å². The van der Waals surface area contributed by atoms with Crippen LogP contribution in [0.5, 0.6) is 0 Å². The van der Waals surface area contributed by atoms with E-state index in [0.29, 0.717) is 18.3 Å². The predicted molar refractivity (Wildman–Crippen MR) is 76.1 cm³/mol. The van der Waals surface area contributed by atoms with Crippen molar-refractivity contribution in [3.63, 3.8) is 0 Å². The summed E-state index contributed by atoms with van der Waals surface area (Å²) in [4.78, 5) is 5.85. The van der Waals surface area contributed by atoms with Crippen molar-refractivity contribution in [2.45, 2.75) is 36.7 Å². The van der Waals surface area contributed by atoms with Crippen molar-refractivity contribution in [1.29, 1.82) is 0 Å². The molecular formula is C15H17NO4S. The van der Waals surface area contributed by atoms with Gasteiger partial charge in [0.2, 0.25) is 0 Å². The number of hydrogen-bond acceptors (Lipinski definition) is 4. The molecule has 4 atom stereocenters. The van der Waals surface area contributed by atoms with E-state index in [4.69, 9.17) is 4.84 Å². The van der Waals surface area contributed by atoms with Crippen LogP contribution in [0, 0.1) is 23.0 Å². The fourth-order valence-electron chi connectivity index (χ4n) is 4.19. The largest absolute Gasteiger partial charge is 0.399 e. The Morgan fingerprint density at radius 3 is 2.62 bits per heavy atom. The zero-order valence-electron chi connectivity index (χ0n) is 11.5. The smallest absolute Gasteiger partial charge is 0.339 e. The van der Waals surface area contributed by atoms with Gasteiger partial charge in [0.25, 0.3) is 9.84 Å². The van der Waals surface area contributed by atoms with Crippen LogP contribution in [0.25, 0.3) is 0 Å². The molecule has 112 valence electrons. The van der Waals surface area contributed by atoms with E-state index < -0.39 is 9.84 Å². The molecule has 2 fully saturated rings. The van der Waals surface area contributed by atoms with Crippen LogP contribution in [0.4, 0.5) is 0 Å². The molecule has 4 unspecified atom stereocenters. The summed E-state index contributed by atoms with van der Waals surface area (Å²) < 4.78 is 25.3. The van der Waals surface area contributed by atoms with Crippen molar-refractivity contribution >= 4 is 14.9 Å². The zero-order chi connectivity index (χ0) is 14.6. The van der Waals surface area contributed by atoms with E-state index >= 15 is 0 Å². The maximum absolute atomic E-state index is 12.6. The summed E-state index contributed by atoms with van der Waals surface area (Å²) in [5, 5.41) is 12.0. The number of nitrogens with zero attached hydrogens (tertiary/aromatic N) is 1. The second-order valence-electron chi connectivity index (χ2n) is 6.24. The Morgan fingerprint density at radius 2 is 1.86 bits per heavy atom. The van der Waals surface area contributed by atoms with Gasteiger partial charge in [0.1, 0.15) is 0 Å². The van der Waals surface area contributed by atoms with Crippen LogP contribution in [0.1, 0.15) is 25.7 Å². The lowest BCUT2D eigenvalue weighted by Gasteiger charge is -2.35. The van der Waals surface area contributed by atoms with Crippen molar-refractivity contribution in [3.05, 3.63) is 35.5 Å². The SMILES string of the molecule is O=S(=O)(C1=[N+]([O-])OC2C3CCC(C3)C2C1)c1ccccc1. The molecular weight excluding hydrogens is 290 g/mol. The molecule has 0 aromatic heterocycles. The van der Waals surface area contributed by atoms with Crippen molar-refractivity contribution < 1.29 is 18.2 Å². The summed E-state index contributed by atoms with van der Waals surface area (Å²) in [5.41, 5.74) is 0. The monoisotopic (exact) mass is 307 g/mol. The third-order valence-electron chi connectivity index (χ3n) is 5.20. The lowest BCUT2D eigenvalue weighted by Crippen LogP contribution is -2.43. The summed E-state index contributed by atoms with van der Waals surface area (Å²) in [6, 6.07) is 8.10. The minimum atomic E-state index is -3.76. The summed E-state index contributed by atoms with van der Waals surface area (Å²) in [5.74, 6) is 1.12. The molecule has 1 heterocycles. The van der Waals surface area contributed by atoms with Gasteiger partial charge in [-0.05, 0) is 49.1 Å². The second-order valence-corrected chi connectivity index (χ2v) is 8.19. The van der Waals surface area contributed by atoms with Gasteiger partial charge < -0.3 is 4.84 Å². The van der Waals surface area contributed by atoms with E-state index in [1.165, 1.54) is 12.1 Å². The van der Waals surface area contributed by atoms with Crippen LogP contribution in [0.3, 0.4) is 0 Å². The van der Waals surface area contributed by atoms with Crippen molar-refractivity contribution in [1.82, 2.24) is 0 Å². The van der Waals surface area contributed by atoms with E-state index in [0.717, 1.165) is 19.3 Å². The zero-order valence-corrected chi connectivity index (χ0v) is 12.3. The Balaban J connectivity index is 1.72. The van der Waals surface area contributed by atoms with Crippen LogP contribution in [0.15, 0.2) is 35.2 Å². The lowest BCUT2D eigenvalue weighted by atomic mass is 9.84. The first-order chi connectivity index (χ1) is 10.1. The van der Waals surface area contributed by atoms with Gasteiger partial charge in [-0.15, -0.1) is 0 Å². The molecule has 1 aromatic rings. The van der Waals surface area contributed by atoms with Crippen LogP contribution in [-0.2, 0) is 14.7 Å². The molecule has 4 rings (SSSR count). The highest BCUT2D eigenvalue weighted by Gasteiger charge is 2.53. The van der Waals surface area contributed by atoms with Crippen LogP contribution >= 0.6 is 0 Å². The number of sulfone groups is 1. The second kappa shape index (κ2) is 4.47. The number of benzene rings is 1. The molecule has 0 saturated heterocycles. The van der Waals surface area contributed by atoms with Gasteiger partial charge >= 0.3 is 5.04 Å². The van der Waals surface area contributed by atoms with Gasteiger partial charge in [-0.2, -0.15) is 0 Å². The van der Waals surface area contributed by atoms with E-state index in [1.54, 1.807) is 18.2 Å². The van der Waals surface area contributed by atoms with Gasteiger partial charge in [-0.3, -0.25) is 5.21 Å². The minimum Gasteiger partial charge on any atom is -0.399 e. The van der Waals surface area contributed by atoms with Gasteiger partial charge in [-0.1, -0.05) is 18.2 Å². The highest BCUT2D eigenvalue weighted by atomic mass is 32.2. The van der Waals surface area contributed by atoms with Crippen LogP contribution < -0.4 is 0 Å². The van der Waals surface area contributed by atoms with E-state index in [9.17, 15) is 13.6 Å². The maximum Gasteiger partial charge on any atom is 0.339 e. The third-order valence-corrected chi connectivity index (χ3v) is 7.03. The molecule has 1 aliphatic heterocycles. The van der Waals surface area contributed by atoms with E-state index in [2.05, 4.69) is 0 Å². The summed E-state index contributed by atoms with van der Waals surface area (Å²) in [7, 11) is -3.76. The first kappa shape index (κ1) is 13.1. The third kappa shape index (κ3) is 1.88. The first-order valence-electron chi connectivity index (χ1n) is 7.37. The normalized spacial score (nSPS) is 34.7. The number of hydrogen-bond donors (Lipinski definition) is 0. The van der Waals surface area contributed by atoms with Crippen LogP contribution in [-0.4, -0.2) is 24.5 Å². The topological polar surface area (TPSA) is 69.4 Å². The summed E-state index contributed by atoms with van der Waals surface area (Å²) in [6.07, 6.45) is 3.53. The molecule has 0 N–H and O–H groups in total. The van der Waals surface area contributed by atoms with Crippen molar-refractivity contribution in [2.24, 2.45) is 17.8 Å². The standard InChI is InChI=1S/C15H17NO4S/c17-16-14(21(18,19)12-4-2-1-3-5-12)9-13-10-6-7-11(8-10)15(13)20-16/h1-5,10-11,13,15H,6-9H2. The van der Waals surface area contributed by atoms with Gasteiger partial charge in [-0.25, -0.2) is 8.42 Å². The van der Waals surface area contributed by atoms with Crippen molar-refractivity contribution in [3.8, 4) is 0 Å². The summed E-state index contributed by atoms with van der Waals surface area (Å²) in [6.45, 7) is 0. The number of rotatable bonds is 1. The maximum atomic E-state index is 12.6. The molecule has 0 radical (unpaired) electrons. The Labute approximate surface area is 123 Å². The minimum absolute atomic E-state index is 0.0871. The molecule has 0 amide bonds. The molecule has 0 spiro atoms. The molecule has 6 heteroatoms. The molecule has 5 nitrogen and oxygen atoms in total. The Hall–Kier alpha value is -1.56. The predicted octanol–water partition coefficient (Wildman–Crippen LogP) is 2.12. The van der Waals surface area contributed by atoms with Gasteiger partial charge in [0.05, 0.1) is 22.3 Å². The molecule has 1 aromatic carbocycles. The molecule has 2 aliphatic carbocycles. The average molecular weight is 307 g/mol. The van der Waals surface area contributed by atoms with Gasteiger partial charge in [0, 0.05) is 0 Å². The first-order valence-corrected chi connectivity index (χ1v) is 8.85. The fourth-order valence-corrected chi connectivity index (χ4v) is 5.63. The van der Waals surface area contributed by atoms with Gasteiger partial charge in [0.15, 0.2) is 0 Å². The average Bonchev–Trinajstić information content (AvgIpc) is 3.09. The Kier molecular flexibility index (Phi) is 2.79. The highest BCUT2D eigenvalue weighted by Crippen LogP contribution is 2.52. The lowest BCUT2D eigenvalue weighted by molar-refractivity contribution is -0.760. The molecule has 3 aliphatic rings. The fraction of sp³-hybridized carbons (Fsp3) is 0.533. The van der Waals surface area contributed by atoms with E-state index in [1.807, 2.05) is 0 Å². The Morgan fingerprint density at radius 1 is 1.14 bits per heavy atom. The molecule has 2 saturated carbocycles. The number of fused-ring (bicyclic) bond motifs is 5.